The lowest BCUT2D eigenvalue weighted by atomic mass is 10.2. The largest absolute Gasteiger partial charge is 0.481 e. The molecule has 24 heavy (non-hydrogen) atoms. The number of thiophene rings is 2. The third kappa shape index (κ3) is 2.84. The van der Waals surface area contributed by atoms with Crippen LogP contribution in [-0.2, 0) is 11.2 Å². The second-order valence-corrected chi connectivity index (χ2v) is 8.03. The molecule has 7 heteroatoms. The van der Waals surface area contributed by atoms with E-state index in [0.717, 1.165) is 15.1 Å². The monoisotopic (exact) mass is 374 g/mol. The first-order valence-corrected chi connectivity index (χ1v) is 9.16. The molecule has 0 amide bonds. The minimum atomic E-state index is -0.898. The van der Waals surface area contributed by atoms with Gasteiger partial charge in [-0.3, -0.25) is 4.79 Å². The maximum absolute atomic E-state index is 11.2. The molecule has 0 aliphatic rings. The number of halogens is 1. The molecule has 0 aliphatic heterocycles. The standard InChI is InChI=1S/C17H11ClN2O2S2/c18-14-6-5-12(24-14)16-10(8-15(21)22)19-17(20-16)13-7-9-3-1-2-4-11(9)23-13/h1-7H,8H2,(H,19,20)(H,21,22). The van der Waals surface area contributed by atoms with Crippen LogP contribution in [0.25, 0.3) is 31.4 Å². The number of rotatable bonds is 4. The predicted octanol–water partition coefficient (Wildman–Crippen LogP) is 5.30. The quantitative estimate of drug-likeness (QED) is 0.509. The molecule has 0 fully saturated rings. The fourth-order valence-electron chi connectivity index (χ4n) is 2.55. The molecule has 0 saturated carbocycles. The number of imidazole rings is 1. The zero-order valence-corrected chi connectivity index (χ0v) is 14.6. The van der Waals surface area contributed by atoms with E-state index < -0.39 is 5.97 Å². The van der Waals surface area contributed by atoms with Crippen molar-refractivity contribution in [3.8, 4) is 21.3 Å². The van der Waals surface area contributed by atoms with E-state index >= 15 is 0 Å². The molecule has 0 unspecified atom stereocenters. The molecular formula is C17H11ClN2O2S2. The van der Waals surface area contributed by atoms with Crippen LogP contribution in [-0.4, -0.2) is 21.0 Å². The molecule has 0 saturated heterocycles. The lowest BCUT2D eigenvalue weighted by Gasteiger charge is -1.95. The molecule has 120 valence electrons. The molecule has 0 spiro atoms. The number of aromatic amines is 1. The van der Waals surface area contributed by atoms with Crippen molar-refractivity contribution in [3.63, 3.8) is 0 Å². The van der Waals surface area contributed by atoms with Crippen LogP contribution in [0.2, 0.25) is 4.34 Å². The summed E-state index contributed by atoms with van der Waals surface area (Å²) in [5, 5.41) is 10.3. The van der Waals surface area contributed by atoms with Gasteiger partial charge in [-0.25, -0.2) is 4.98 Å². The molecule has 0 aliphatic carbocycles. The van der Waals surface area contributed by atoms with Crippen molar-refractivity contribution in [2.75, 3.05) is 0 Å². The van der Waals surface area contributed by atoms with E-state index in [-0.39, 0.29) is 6.42 Å². The molecule has 1 aromatic carbocycles. The Labute approximate surface area is 150 Å². The first-order valence-electron chi connectivity index (χ1n) is 7.15. The van der Waals surface area contributed by atoms with Crippen molar-refractivity contribution in [3.05, 3.63) is 52.5 Å². The number of carbonyl (C=O) groups is 1. The lowest BCUT2D eigenvalue weighted by molar-refractivity contribution is -0.136. The Morgan fingerprint density at radius 1 is 1.17 bits per heavy atom. The molecule has 0 bridgehead atoms. The number of aliphatic carboxylic acids is 1. The van der Waals surface area contributed by atoms with Gasteiger partial charge in [0.1, 0.15) is 11.5 Å². The molecule has 4 aromatic rings. The van der Waals surface area contributed by atoms with E-state index in [1.54, 1.807) is 17.4 Å². The zero-order valence-electron chi connectivity index (χ0n) is 12.2. The average molecular weight is 375 g/mol. The number of aromatic nitrogens is 2. The molecule has 0 radical (unpaired) electrons. The highest BCUT2D eigenvalue weighted by Crippen LogP contribution is 2.36. The van der Waals surface area contributed by atoms with Crippen molar-refractivity contribution >= 4 is 50.3 Å². The summed E-state index contributed by atoms with van der Waals surface area (Å²) in [6, 6.07) is 13.8. The van der Waals surface area contributed by atoms with Crippen LogP contribution in [0, 0.1) is 0 Å². The Morgan fingerprint density at radius 2 is 2.00 bits per heavy atom. The van der Waals surface area contributed by atoms with Crippen molar-refractivity contribution in [1.29, 1.82) is 0 Å². The zero-order chi connectivity index (χ0) is 16.7. The van der Waals surface area contributed by atoms with Gasteiger partial charge in [-0.15, -0.1) is 22.7 Å². The summed E-state index contributed by atoms with van der Waals surface area (Å²) < 4.78 is 1.82. The van der Waals surface area contributed by atoms with Crippen LogP contribution in [0.5, 0.6) is 0 Å². The second-order valence-electron chi connectivity index (χ2n) is 5.24. The fraction of sp³-hybridized carbons (Fsp3) is 0.0588. The Kier molecular flexibility index (Phi) is 3.88. The highest BCUT2D eigenvalue weighted by molar-refractivity contribution is 7.22. The first kappa shape index (κ1) is 15.4. The van der Waals surface area contributed by atoms with E-state index in [4.69, 9.17) is 16.7 Å². The highest BCUT2D eigenvalue weighted by Gasteiger charge is 2.18. The van der Waals surface area contributed by atoms with E-state index in [2.05, 4.69) is 28.2 Å². The summed E-state index contributed by atoms with van der Waals surface area (Å²) in [5.41, 5.74) is 1.25. The number of fused-ring (bicyclic) bond motifs is 1. The fourth-order valence-corrected chi connectivity index (χ4v) is 4.62. The maximum Gasteiger partial charge on any atom is 0.309 e. The van der Waals surface area contributed by atoms with Gasteiger partial charge in [0.25, 0.3) is 0 Å². The lowest BCUT2D eigenvalue weighted by Crippen LogP contribution is -2.01. The first-order chi connectivity index (χ1) is 11.6. The summed E-state index contributed by atoms with van der Waals surface area (Å²) in [4.78, 5) is 20.9. The molecule has 2 N–H and O–H groups in total. The van der Waals surface area contributed by atoms with Crippen molar-refractivity contribution in [1.82, 2.24) is 9.97 Å². The number of hydrogen-bond acceptors (Lipinski definition) is 4. The summed E-state index contributed by atoms with van der Waals surface area (Å²) in [6.07, 6.45) is -0.108. The van der Waals surface area contributed by atoms with E-state index in [1.165, 1.54) is 16.0 Å². The summed E-state index contributed by atoms with van der Waals surface area (Å²) in [5.74, 6) is -0.211. The number of benzene rings is 1. The van der Waals surface area contributed by atoms with Crippen molar-refractivity contribution in [2.24, 2.45) is 0 Å². The third-order valence-electron chi connectivity index (χ3n) is 3.57. The molecule has 4 nitrogen and oxygen atoms in total. The normalized spacial score (nSPS) is 11.2. The molecule has 4 rings (SSSR count). The van der Waals surface area contributed by atoms with Crippen molar-refractivity contribution in [2.45, 2.75) is 6.42 Å². The number of nitrogens with zero attached hydrogens (tertiary/aromatic N) is 1. The highest BCUT2D eigenvalue weighted by atomic mass is 35.5. The Hall–Kier alpha value is -2.15. The SMILES string of the molecule is O=C(O)Cc1[nH]c(-c2cc3ccccc3s2)nc1-c1ccc(Cl)s1. The van der Waals surface area contributed by atoms with E-state index in [9.17, 15) is 4.79 Å². The number of carboxylic acids is 1. The van der Waals surface area contributed by atoms with Crippen LogP contribution >= 0.6 is 34.3 Å². The van der Waals surface area contributed by atoms with Gasteiger partial charge in [0, 0.05) is 4.70 Å². The van der Waals surface area contributed by atoms with Gasteiger partial charge in [-0.2, -0.15) is 0 Å². The van der Waals surface area contributed by atoms with Crippen LogP contribution in [0.1, 0.15) is 5.69 Å². The van der Waals surface area contributed by atoms with Crippen LogP contribution < -0.4 is 0 Å². The summed E-state index contributed by atoms with van der Waals surface area (Å²) in [7, 11) is 0. The summed E-state index contributed by atoms with van der Waals surface area (Å²) in [6.45, 7) is 0. The smallest absolute Gasteiger partial charge is 0.309 e. The van der Waals surface area contributed by atoms with Gasteiger partial charge < -0.3 is 10.1 Å². The van der Waals surface area contributed by atoms with Gasteiger partial charge in [0.05, 0.1) is 26.2 Å². The number of H-pyrrole nitrogens is 1. The summed E-state index contributed by atoms with van der Waals surface area (Å²) >= 11 is 9.03. The Balaban J connectivity index is 1.84. The number of hydrogen-bond donors (Lipinski definition) is 2. The average Bonchev–Trinajstić information content (AvgIpc) is 3.23. The number of carboxylic acid groups (broad SMARTS) is 1. The third-order valence-corrected chi connectivity index (χ3v) is 5.93. The Morgan fingerprint density at radius 3 is 2.71 bits per heavy atom. The topological polar surface area (TPSA) is 66.0 Å². The van der Waals surface area contributed by atoms with Gasteiger partial charge in [-0.05, 0) is 29.7 Å². The maximum atomic E-state index is 11.2. The molecular weight excluding hydrogens is 364 g/mol. The van der Waals surface area contributed by atoms with Crippen LogP contribution in [0.3, 0.4) is 0 Å². The van der Waals surface area contributed by atoms with Crippen molar-refractivity contribution < 1.29 is 9.90 Å². The minimum absolute atomic E-state index is 0.108. The minimum Gasteiger partial charge on any atom is -0.481 e. The van der Waals surface area contributed by atoms with Gasteiger partial charge >= 0.3 is 5.97 Å². The molecule has 0 atom stereocenters. The predicted molar refractivity (Wildman–Crippen MR) is 99.1 cm³/mol. The van der Waals surface area contributed by atoms with Gasteiger partial charge in [-0.1, -0.05) is 29.8 Å². The Bertz CT molecular complexity index is 1010. The second kappa shape index (κ2) is 6.05. The number of nitrogens with one attached hydrogen (secondary N) is 1. The van der Waals surface area contributed by atoms with E-state index in [1.807, 2.05) is 18.2 Å². The van der Waals surface area contributed by atoms with Gasteiger partial charge in [0.15, 0.2) is 0 Å². The van der Waals surface area contributed by atoms with E-state index in [0.29, 0.717) is 21.5 Å². The van der Waals surface area contributed by atoms with Gasteiger partial charge in [0.2, 0.25) is 0 Å². The molecule has 3 aromatic heterocycles. The van der Waals surface area contributed by atoms with Crippen LogP contribution in [0.4, 0.5) is 0 Å². The molecule has 3 heterocycles. The van der Waals surface area contributed by atoms with Crippen LogP contribution in [0.15, 0.2) is 42.5 Å².